The Morgan fingerprint density at radius 3 is 2.66 bits per heavy atom. The van der Waals surface area contributed by atoms with Gasteiger partial charge in [0.1, 0.15) is 5.65 Å². The van der Waals surface area contributed by atoms with E-state index in [1.54, 1.807) is 37.5 Å². The van der Waals surface area contributed by atoms with Crippen LogP contribution in [0.4, 0.5) is 0 Å². The average Bonchev–Trinajstić information content (AvgIpc) is 3.25. The van der Waals surface area contributed by atoms with Gasteiger partial charge in [-0.25, -0.2) is 17.9 Å². The Kier molecular flexibility index (Phi) is 9.15. The van der Waals surface area contributed by atoms with Crippen molar-refractivity contribution in [2.75, 3.05) is 26.7 Å². The number of benzene rings is 1. The summed E-state index contributed by atoms with van der Waals surface area (Å²) in [6.07, 6.45) is 3.19. The number of carbonyl (C=O) groups excluding carboxylic acids is 1. The molecule has 2 aromatic heterocycles. The molecular weight excluding hydrogens is 470 g/mol. The SMILES string of the molecule is CC[C@H](CNC)NS(=O)(=O)c1ccc(-c2cc3cn(CCC(=O)NCCCN)c(=O)nc3[nH]2)cc1. The van der Waals surface area contributed by atoms with Crippen LogP contribution >= 0.6 is 0 Å². The number of nitrogens with one attached hydrogen (secondary N) is 4. The molecule has 0 aliphatic carbocycles. The van der Waals surface area contributed by atoms with E-state index in [0.29, 0.717) is 49.2 Å². The first-order valence-corrected chi connectivity index (χ1v) is 13.1. The zero-order valence-corrected chi connectivity index (χ0v) is 20.8. The Bertz CT molecular complexity index is 1300. The van der Waals surface area contributed by atoms with Gasteiger partial charge in [0.25, 0.3) is 0 Å². The summed E-state index contributed by atoms with van der Waals surface area (Å²) in [4.78, 5) is 31.7. The van der Waals surface area contributed by atoms with Gasteiger partial charge in [0.2, 0.25) is 15.9 Å². The number of aromatic amines is 1. The number of nitrogens with two attached hydrogens (primary N) is 1. The largest absolute Gasteiger partial charge is 0.356 e. The molecular formula is C23H33N7O4S. The molecule has 0 aliphatic rings. The molecule has 2 heterocycles. The Morgan fingerprint density at radius 2 is 2.00 bits per heavy atom. The summed E-state index contributed by atoms with van der Waals surface area (Å²) in [5.41, 5.74) is 6.83. The summed E-state index contributed by atoms with van der Waals surface area (Å²) < 4.78 is 29.5. The zero-order chi connectivity index (χ0) is 25.4. The van der Waals surface area contributed by atoms with Crippen molar-refractivity contribution in [3.8, 4) is 11.3 Å². The number of fused-ring (bicyclic) bond motifs is 1. The number of hydrogen-bond donors (Lipinski definition) is 5. The van der Waals surface area contributed by atoms with Crippen molar-refractivity contribution in [2.45, 2.75) is 43.7 Å². The van der Waals surface area contributed by atoms with E-state index in [1.165, 1.54) is 4.57 Å². The molecule has 1 amide bonds. The molecule has 12 heteroatoms. The summed E-state index contributed by atoms with van der Waals surface area (Å²) in [5.74, 6) is -0.152. The maximum absolute atomic E-state index is 12.7. The molecule has 3 rings (SSSR count). The highest BCUT2D eigenvalue weighted by molar-refractivity contribution is 7.89. The lowest BCUT2D eigenvalue weighted by molar-refractivity contribution is -0.121. The summed E-state index contributed by atoms with van der Waals surface area (Å²) >= 11 is 0. The van der Waals surface area contributed by atoms with Gasteiger partial charge in [-0.05, 0) is 50.2 Å². The number of hydrogen-bond acceptors (Lipinski definition) is 7. The lowest BCUT2D eigenvalue weighted by Crippen LogP contribution is -2.40. The predicted molar refractivity (Wildman–Crippen MR) is 135 cm³/mol. The van der Waals surface area contributed by atoms with E-state index in [-0.39, 0.29) is 29.8 Å². The Morgan fingerprint density at radius 1 is 1.26 bits per heavy atom. The zero-order valence-electron chi connectivity index (χ0n) is 20.0. The van der Waals surface area contributed by atoms with Crippen molar-refractivity contribution < 1.29 is 13.2 Å². The number of rotatable bonds is 13. The van der Waals surface area contributed by atoms with Crippen molar-refractivity contribution in [1.82, 2.24) is 29.9 Å². The van der Waals surface area contributed by atoms with Gasteiger partial charge in [-0.1, -0.05) is 19.1 Å². The highest BCUT2D eigenvalue weighted by Crippen LogP contribution is 2.24. The van der Waals surface area contributed by atoms with Crippen molar-refractivity contribution in [3.05, 3.63) is 47.0 Å². The van der Waals surface area contributed by atoms with E-state index >= 15 is 0 Å². The highest BCUT2D eigenvalue weighted by atomic mass is 32.2. The molecule has 0 aliphatic heterocycles. The third-order valence-corrected chi connectivity index (χ3v) is 7.13. The number of H-pyrrole nitrogens is 1. The summed E-state index contributed by atoms with van der Waals surface area (Å²) in [6.45, 7) is 3.68. The molecule has 190 valence electrons. The minimum atomic E-state index is -3.65. The molecule has 6 N–H and O–H groups in total. The molecule has 0 spiro atoms. The molecule has 11 nitrogen and oxygen atoms in total. The fraction of sp³-hybridized carbons (Fsp3) is 0.435. The number of aromatic nitrogens is 3. The topological polar surface area (TPSA) is 164 Å². The first-order valence-electron chi connectivity index (χ1n) is 11.6. The Hall–Kier alpha value is -3.06. The molecule has 35 heavy (non-hydrogen) atoms. The third-order valence-electron chi connectivity index (χ3n) is 5.60. The van der Waals surface area contributed by atoms with E-state index in [4.69, 9.17) is 5.73 Å². The van der Waals surface area contributed by atoms with Gasteiger partial charge in [-0.3, -0.25) is 9.36 Å². The van der Waals surface area contributed by atoms with E-state index in [9.17, 15) is 18.0 Å². The van der Waals surface area contributed by atoms with Gasteiger partial charge >= 0.3 is 5.69 Å². The van der Waals surface area contributed by atoms with Crippen molar-refractivity contribution >= 4 is 27.0 Å². The first-order chi connectivity index (χ1) is 16.8. The molecule has 1 atom stereocenters. The number of nitrogens with zero attached hydrogens (tertiary/aromatic N) is 2. The maximum atomic E-state index is 12.7. The molecule has 0 fully saturated rings. The van der Waals surface area contributed by atoms with Crippen molar-refractivity contribution in [3.63, 3.8) is 0 Å². The van der Waals surface area contributed by atoms with Crippen molar-refractivity contribution in [1.29, 1.82) is 0 Å². The minimum Gasteiger partial charge on any atom is -0.356 e. The molecule has 0 unspecified atom stereocenters. The lowest BCUT2D eigenvalue weighted by Gasteiger charge is -2.16. The summed E-state index contributed by atoms with van der Waals surface area (Å²) in [6, 6.07) is 8.14. The van der Waals surface area contributed by atoms with Crippen molar-refractivity contribution in [2.24, 2.45) is 5.73 Å². The van der Waals surface area contributed by atoms with Crippen LogP contribution in [0.25, 0.3) is 22.3 Å². The second-order valence-corrected chi connectivity index (χ2v) is 9.97. The maximum Gasteiger partial charge on any atom is 0.349 e. The van der Waals surface area contributed by atoms with Crippen LogP contribution in [0.5, 0.6) is 0 Å². The van der Waals surface area contributed by atoms with Crippen LogP contribution in [0.1, 0.15) is 26.2 Å². The smallest absolute Gasteiger partial charge is 0.349 e. The van der Waals surface area contributed by atoms with Gasteiger partial charge in [0, 0.05) is 49.4 Å². The van der Waals surface area contributed by atoms with Crippen LogP contribution in [0.2, 0.25) is 0 Å². The van der Waals surface area contributed by atoms with Gasteiger partial charge < -0.3 is 21.4 Å². The predicted octanol–water partition coefficient (Wildman–Crippen LogP) is 0.523. The van der Waals surface area contributed by atoms with Crippen LogP contribution in [0, 0.1) is 0 Å². The second kappa shape index (κ2) is 12.1. The minimum absolute atomic E-state index is 0.152. The first kappa shape index (κ1) is 26.5. The molecule has 0 radical (unpaired) electrons. The molecule has 0 bridgehead atoms. The van der Waals surface area contributed by atoms with Gasteiger partial charge in [-0.2, -0.15) is 4.98 Å². The van der Waals surface area contributed by atoms with E-state index < -0.39 is 15.7 Å². The summed E-state index contributed by atoms with van der Waals surface area (Å²) in [7, 11) is -1.87. The summed E-state index contributed by atoms with van der Waals surface area (Å²) in [5, 5.41) is 6.45. The Balaban J connectivity index is 1.74. The monoisotopic (exact) mass is 503 g/mol. The molecule has 3 aromatic rings. The van der Waals surface area contributed by atoms with Gasteiger partial charge in [0.05, 0.1) is 4.90 Å². The average molecular weight is 504 g/mol. The van der Waals surface area contributed by atoms with Crippen LogP contribution < -0.4 is 26.8 Å². The van der Waals surface area contributed by atoms with Crippen LogP contribution in [-0.2, 0) is 21.4 Å². The van der Waals surface area contributed by atoms with E-state index in [0.717, 1.165) is 5.56 Å². The quantitative estimate of drug-likeness (QED) is 0.212. The second-order valence-electron chi connectivity index (χ2n) is 8.25. The molecule has 1 aromatic carbocycles. The number of sulfonamides is 1. The van der Waals surface area contributed by atoms with Crippen LogP contribution in [0.15, 0.2) is 46.2 Å². The Labute approximate surface area is 204 Å². The third kappa shape index (κ3) is 6.98. The number of amides is 1. The molecule has 0 saturated heterocycles. The normalized spacial score (nSPS) is 12.7. The number of likely N-dealkylation sites (N-methyl/N-ethyl adjacent to an activating group) is 1. The fourth-order valence-corrected chi connectivity index (χ4v) is 4.93. The fourth-order valence-electron chi connectivity index (χ4n) is 3.61. The molecule has 0 saturated carbocycles. The van der Waals surface area contributed by atoms with E-state index in [1.807, 2.05) is 13.0 Å². The number of aryl methyl sites for hydroxylation is 1. The number of carbonyl (C=O) groups is 1. The van der Waals surface area contributed by atoms with Crippen LogP contribution in [0.3, 0.4) is 0 Å². The van der Waals surface area contributed by atoms with Crippen LogP contribution in [-0.4, -0.2) is 61.6 Å². The van der Waals surface area contributed by atoms with Gasteiger partial charge in [0.15, 0.2) is 0 Å². The van der Waals surface area contributed by atoms with Gasteiger partial charge in [-0.15, -0.1) is 0 Å². The highest BCUT2D eigenvalue weighted by Gasteiger charge is 2.19. The van der Waals surface area contributed by atoms with E-state index in [2.05, 4.69) is 25.3 Å². The standard InChI is InChI=1S/C23H33N7O4S/c1-3-18(14-25-2)29-35(33,34)19-7-5-16(6-8-19)20-13-17-15-30(23(32)28-22(17)27-20)12-9-21(31)26-11-4-10-24/h5-8,13,15,18,25,29H,3-4,9-12,14,24H2,1-2H3,(H,26,31)(H,27,28,32)/t18-/m1/s1. The lowest BCUT2D eigenvalue weighted by atomic mass is 10.1.